The maximum atomic E-state index is 12.1. The first-order valence-electron chi connectivity index (χ1n) is 10.2. The normalized spacial score (nSPS) is 19.4. The Morgan fingerprint density at radius 1 is 1.00 bits per heavy atom. The second kappa shape index (κ2) is 10.8. The number of hydrogen-bond donors (Lipinski definition) is 2. The number of amides is 3. The summed E-state index contributed by atoms with van der Waals surface area (Å²) < 4.78 is 16.1. The Balaban J connectivity index is 1.35. The predicted octanol–water partition coefficient (Wildman–Crippen LogP) is 2.56. The van der Waals surface area contributed by atoms with Crippen molar-refractivity contribution in [3.8, 4) is 5.75 Å². The molecule has 3 amide bonds. The van der Waals surface area contributed by atoms with Gasteiger partial charge in [0.1, 0.15) is 12.4 Å². The minimum atomic E-state index is -0.664. The summed E-state index contributed by atoms with van der Waals surface area (Å²) >= 11 is 0. The van der Waals surface area contributed by atoms with Gasteiger partial charge in [0.25, 0.3) is 5.91 Å². The highest BCUT2D eigenvalue weighted by atomic mass is 16.5. The number of urea groups is 1. The van der Waals surface area contributed by atoms with Crippen LogP contribution in [0.25, 0.3) is 0 Å². The lowest BCUT2D eigenvalue weighted by molar-refractivity contribution is -0.123. The minimum Gasteiger partial charge on any atom is -0.491 e. The molecule has 0 spiro atoms. The SMILES string of the molecule is O=C(COC(=O)c1ccc(OC[C@@H]2CCCO2)cc1)NC(=O)NC1CCCCC1. The zero-order chi connectivity index (χ0) is 20.5. The van der Waals surface area contributed by atoms with Crippen molar-refractivity contribution in [2.75, 3.05) is 19.8 Å². The van der Waals surface area contributed by atoms with Crippen molar-refractivity contribution in [2.45, 2.75) is 57.1 Å². The molecule has 158 valence electrons. The van der Waals surface area contributed by atoms with Gasteiger partial charge in [0.2, 0.25) is 0 Å². The molecule has 1 aliphatic heterocycles. The molecule has 29 heavy (non-hydrogen) atoms. The summed E-state index contributed by atoms with van der Waals surface area (Å²) in [5.41, 5.74) is 0.300. The maximum absolute atomic E-state index is 12.1. The Kier molecular flexibility index (Phi) is 7.86. The second-order valence-electron chi connectivity index (χ2n) is 7.40. The molecular weight excluding hydrogens is 376 g/mol. The number of imide groups is 1. The van der Waals surface area contributed by atoms with Gasteiger partial charge in [-0.05, 0) is 49.9 Å². The van der Waals surface area contributed by atoms with Crippen LogP contribution in [-0.4, -0.2) is 49.9 Å². The molecule has 1 atom stereocenters. The highest BCUT2D eigenvalue weighted by molar-refractivity contribution is 5.97. The van der Waals surface area contributed by atoms with Crippen LogP contribution in [0.2, 0.25) is 0 Å². The minimum absolute atomic E-state index is 0.0973. The summed E-state index contributed by atoms with van der Waals surface area (Å²) in [7, 11) is 0. The molecule has 1 aromatic carbocycles. The first-order chi connectivity index (χ1) is 14.1. The monoisotopic (exact) mass is 404 g/mol. The lowest BCUT2D eigenvalue weighted by atomic mass is 9.96. The fraction of sp³-hybridized carbons (Fsp3) is 0.571. The van der Waals surface area contributed by atoms with E-state index in [0.29, 0.717) is 17.9 Å². The molecule has 0 radical (unpaired) electrons. The van der Waals surface area contributed by atoms with Crippen molar-refractivity contribution >= 4 is 17.9 Å². The molecule has 2 aliphatic rings. The summed E-state index contributed by atoms with van der Waals surface area (Å²) in [6, 6.07) is 6.03. The average Bonchev–Trinajstić information content (AvgIpc) is 3.25. The largest absolute Gasteiger partial charge is 0.491 e. The van der Waals surface area contributed by atoms with Crippen LogP contribution in [0, 0.1) is 0 Å². The zero-order valence-electron chi connectivity index (χ0n) is 16.5. The van der Waals surface area contributed by atoms with E-state index in [2.05, 4.69) is 10.6 Å². The Bertz CT molecular complexity index is 694. The number of nitrogens with one attached hydrogen (secondary N) is 2. The molecule has 8 nitrogen and oxygen atoms in total. The second-order valence-corrected chi connectivity index (χ2v) is 7.40. The summed E-state index contributed by atoms with van der Waals surface area (Å²) in [6.07, 6.45) is 7.34. The van der Waals surface area contributed by atoms with Gasteiger partial charge in [0.15, 0.2) is 6.61 Å². The molecule has 0 unspecified atom stereocenters. The molecule has 0 aromatic heterocycles. The summed E-state index contributed by atoms with van der Waals surface area (Å²) in [6.45, 7) is 0.732. The smallest absolute Gasteiger partial charge is 0.338 e. The Labute approximate surface area is 170 Å². The topological polar surface area (TPSA) is 103 Å². The molecule has 1 saturated carbocycles. The van der Waals surface area contributed by atoms with Crippen LogP contribution in [0.5, 0.6) is 5.75 Å². The van der Waals surface area contributed by atoms with Crippen LogP contribution in [0.1, 0.15) is 55.3 Å². The van der Waals surface area contributed by atoms with Crippen LogP contribution in [-0.2, 0) is 14.3 Å². The van der Waals surface area contributed by atoms with Crippen molar-refractivity contribution in [3.63, 3.8) is 0 Å². The third kappa shape index (κ3) is 7.05. The van der Waals surface area contributed by atoms with E-state index in [1.54, 1.807) is 24.3 Å². The first kappa shape index (κ1) is 21.1. The van der Waals surface area contributed by atoms with E-state index < -0.39 is 24.5 Å². The lowest BCUT2D eigenvalue weighted by Crippen LogP contribution is -2.46. The van der Waals surface area contributed by atoms with Crippen molar-refractivity contribution in [2.24, 2.45) is 0 Å². The average molecular weight is 404 g/mol. The Morgan fingerprint density at radius 2 is 1.76 bits per heavy atom. The highest BCUT2D eigenvalue weighted by Crippen LogP contribution is 2.18. The highest BCUT2D eigenvalue weighted by Gasteiger charge is 2.18. The van der Waals surface area contributed by atoms with Gasteiger partial charge in [-0.15, -0.1) is 0 Å². The van der Waals surface area contributed by atoms with Crippen LogP contribution < -0.4 is 15.4 Å². The molecule has 0 bridgehead atoms. The van der Waals surface area contributed by atoms with Crippen molar-refractivity contribution in [3.05, 3.63) is 29.8 Å². The molecule has 1 saturated heterocycles. The van der Waals surface area contributed by atoms with E-state index in [-0.39, 0.29) is 12.1 Å². The van der Waals surface area contributed by atoms with Gasteiger partial charge in [-0.25, -0.2) is 9.59 Å². The number of benzene rings is 1. The molecule has 3 rings (SSSR count). The lowest BCUT2D eigenvalue weighted by Gasteiger charge is -2.22. The van der Waals surface area contributed by atoms with Gasteiger partial charge in [-0.2, -0.15) is 0 Å². The van der Waals surface area contributed by atoms with Crippen LogP contribution in [0.3, 0.4) is 0 Å². The van der Waals surface area contributed by atoms with E-state index in [1.807, 2.05) is 0 Å². The molecule has 2 N–H and O–H groups in total. The van der Waals surface area contributed by atoms with Gasteiger partial charge < -0.3 is 19.5 Å². The number of carbonyl (C=O) groups excluding carboxylic acids is 3. The number of ether oxygens (including phenoxy) is 3. The molecule has 8 heteroatoms. The molecule has 1 aliphatic carbocycles. The standard InChI is InChI=1S/C21H28N2O6/c24-19(23-21(26)22-16-5-2-1-3-6-16)14-29-20(25)15-8-10-17(11-9-15)28-13-18-7-4-12-27-18/h8-11,16,18H,1-7,12-14H2,(H2,22,23,24,26)/t18-/m0/s1. The zero-order valence-corrected chi connectivity index (χ0v) is 16.5. The van der Waals surface area contributed by atoms with Gasteiger partial charge in [-0.3, -0.25) is 10.1 Å². The maximum Gasteiger partial charge on any atom is 0.338 e. The van der Waals surface area contributed by atoms with E-state index in [4.69, 9.17) is 14.2 Å². The molecule has 2 fully saturated rings. The number of esters is 1. The van der Waals surface area contributed by atoms with E-state index in [1.165, 1.54) is 6.42 Å². The van der Waals surface area contributed by atoms with Gasteiger partial charge in [0, 0.05) is 12.6 Å². The van der Waals surface area contributed by atoms with Gasteiger partial charge in [0.05, 0.1) is 11.7 Å². The number of rotatable bonds is 7. The number of hydrogen-bond acceptors (Lipinski definition) is 6. The van der Waals surface area contributed by atoms with E-state index >= 15 is 0 Å². The van der Waals surface area contributed by atoms with Crippen molar-refractivity contribution in [1.82, 2.24) is 10.6 Å². The predicted molar refractivity (Wildman–Crippen MR) is 105 cm³/mol. The van der Waals surface area contributed by atoms with E-state index in [0.717, 1.165) is 45.1 Å². The van der Waals surface area contributed by atoms with Crippen LogP contribution >= 0.6 is 0 Å². The van der Waals surface area contributed by atoms with Crippen LogP contribution in [0.15, 0.2) is 24.3 Å². The van der Waals surface area contributed by atoms with Gasteiger partial charge in [-0.1, -0.05) is 19.3 Å². The van der Waals surface area contributed by atoms with Crippen molar-refractivity contribution in [1.29, 1.82) is 0 Å². The van der Waals surface area contributed by atoms with Crippen molar-refractivity contribution < 1.29 is 28.6 Å². The molecular formula is C21H28N2O6. The number of carbonyl (C=O) groups is 3. The Hall–Kier alpha value is -2.61. The molecule has 1 aromatic rings. The van der Waals surface area contributed by atoms with E-state index in [9.17, 15) is 14.4 Å². The third-order valence-corrected chi connectivity index (χ3v) is 5.08. The quantitative estimate of drug-likeness (QED) is 0.677. The first-order valence-corrected chi connectivity index (χ1v) is 10.2. The fourth-order valence-corrected chi connectivity index (χ4v) is 3.50. The van der Waals surface area contributed by atoms with Crippen LogP contribution in [0.4, 0.5) is 4.79 Å². The summed E-state index contributed by atoms with van der Waals surface area (Å²) in [4.78, 5) is 35.7. The van der Waals surface area contributed by atoms with Gasteiger partial charge >= 0.3 is 12.0 Å². The summed E-state index contributed by atoms with van der Waals surface area (Å²) in [5, 5.41) is 4.96. The fourth-order valence-electron chi connectivity index (χ4n) is 3.50. The molecule has 1 heterocycles. The Morgan fingerprint density at radius 3 is 2.45 bits per heavy atom. The third-order valence-electron chi connectivity index (χ3n) is 5.08. The summed E-state index contributed by atoms with van der Waals surface area (Å²) in [5.74, 6) is -0.670.